The molecule has 1 saturated heterocycles. The minimum absolute atomic E-state index is 0.544. The van der Waals surface area contributed by atoms with Crippen molar-refractivity contribution in [3.05, 3.63) is 21.2 Å². The van der Waals surface area contributed by atoms with Crippen molar-refractivity contribution >= 4 is 37.7 Å². The van der Waals surface area contributed by atoms with E-state index in [1.807, 2.05) is 12.3 Å². The number of piperidine rings is 1. The Balaban J connectivity index is 1.93. The molecule has 1 aromatic heterocycles. The molecule has 1 aromatic rings. The van der Waals surface area contributed by atoms with E-state index in [-0.39, 0.29) is 0 Å². The highest BCUT2D eigenvalue weighted by Gasteiger charge is 2.18. The van der Waals surface area contributed by atoms with Crippen molar-refractivity contribution in [1.29, 1.82) is 0 Å². The van der Waals surface area contributed by atoms with Crippen LogP contribution in [-0.4, -0.2) is 35.6 Å². The zero-order chi connectivity index (χ0) is 12.3. The first-order valence-electron chi connectivity index (χ1n) is 5.99. The molecule has 0 aliphatic carbocycles. The van der Waals surface area contributed by atoms with Gasteiger partial charge in [0.2, 0.25) is 0 Å². The summed E-state index contributed by atoms with van der Waals surface area (Å²) in [4.78, 5) is 6.88. The molecule has 2 heterocycles. The van der Waals surface area contributed by atoms with E-state index in [1.54, 1.807) is 0 Å². The number of hydrogen-bond acceptors (Lipinski definition) is 3. The van der Waals surface area contributed by atoms with Crippen molar-refractivity contribution < 1.29 is 0 Å². The van der Waals surface area contributed by atoms with E-state index in [9.17, 15) is 0 Å². The van der Waals surface area contributed by atoms with Gasteiger partial charge in [0, 0.05) is 29.8 Å². The number of nitrogens with one attached hydrogen (secondary N) is 1. The van der Waals surface area contributed by atoms with Crippen LogP contribution in [0.2, 0.25) is 0 Å². The standard InChI is InChI=1S/C12H17Br2N3/c1-2-17-5-3-10(4-6-17)16-12-11(14)7-9(13)8-15-12/h7-8,10H,2-6H2,1H3,(H,15,16). The SMILES string of the molecule is CCN1CCC(Nc2ncc(Br)cc2Br)CC1. The first-order valence-corrected chi connectivity index (χ1v) is 7.57. The van der Waals surface area contributed by atoms with Gasteiger partial charge in [-0.25, -0.2) is 4.98 Å². The van der Waals surface area contributed by atoms with Gasteiger partial charge in [-0.05, 0) is 57.3 Å². The molecule has 0 amide bonds. The molecular weight excluding hydrogens is 346 g/mol. The average molecular weight is 363 g/mol. The van der Waals surface area contributed by atoms with E-state index in [1.165, 1.54) is 25.9 Å². The Morgan fingerprint density at radius 2 is 2.12 bits per heavy atom. The fraction of sp³-hybridized carbons (Fsp3) is 0.583. The third-order valence-corrected chi connectivity index (χ3v) is 4.22. The lowest BCUT2D eigenvalue weighted by molar-refractivity contribution is 0.229. The molecule has 0 unspecified atom stereocenters. The summed E-state index contributed by atoms with van der Waals surface area (Å²) in [6.45, 7) is 5.75. The Morgan fingerprint density at radius 3 is 2.71 bits per heavy atom. The Hall–Kier alpha value is -0.130. The molecule has 1 N–H and O–H groups in total. The maximum atomic E-state index is 4.39. The zero-order valence-electron chi connectivity index (χ0n) is 9.92. The number of likely N-dealkylation sites (tertiary alicyclic amines) is 1. The van der Waals surface area contributed by atoms with Gasteiger partial charge in [0.15, 0.2) is 0 Å². The predicted octanol–water partition coefficient (Wildman–Crippen LogP) is 3.50. The van der Waals surface area contributed by atoms with Gasteiger partial charge in [0.05, 0.1) is 4.47 Å². The lowest BCUT2D eigenvalue weighted by Crippen LogP contribution is -2.39. The fourth-order valence-electron chi connectivity index (χ4n) is 2.11. The smallest absolute Gasteiger partial charge is 0.140 e. The van der Waals surface area contributed by atoms with Crippen LogP contribution in [0, 0.1) is 0 Å². The molecule has 0 atom stereocenters. The quantitative estimate of drug-likeness (QED) is 0.891. The average Bonchev–Trinajstić information content (AvgIpc) is 2.34. The van der Waals surface area contributed by atoms with E-state index in [0.717, 1.165) is 21.3 Å². The number of hydrogen-bond donors (Lipinski definition) is 1. The van der Waals surface area contributed by atoms with Gasteiger partial charge < -0.3 is 10.2 Å². The Labute approximate surface area is 119 Å². The van der Waals surface area contributed by atoms with E-state index >= 15 is 0 Å². The minimum atomic E-state index is 0.544. The summed E-state index contributed by atoms with van der Waals surface area (Å²) in [5, 5.41) is 3.52. The van der Waals surface area contributed by atoms with Gasteiger partial charge in [-0.3, -0.25) is 0 Å². The molecule has 0 spiro atoms. The van der Waals surface area contributed by atoms with Crippen molar-refractivity contribution in [3.8, 4) is 0 Å². The lowest BCUT2D eigenvalue weighted by Gasteiger charge is -2.31. The number of rotatable bonds is 3. The topological polar surface area (TPSA) is 28.2 Å². The molecule has 0 aromatic carbocycles. The summed E-state index contributed by atoms with van der Waals surface area (Å²) < 4.78 is 2.01. The summed E-state index contributed by atoms with van der Waals surface area (Å²) in [5.41, 5.74) is 0. The molecule has 0 radical (unpaired) electrons. The molecule has 17 heavy (non-hydrogen) atoms. The summed E-state index contributed by atoms with van der Waals surface area (Å²) in [5.74, 6) is 0.947. The highest BCUT2D eigenvalue weighted by Crippen LogP contribution is 2.25. The summed E-state index contributed by atoms with van der Waals surface area (Å²) in [7, 11) is 0. The van der Waals surface area contributed by atoms with Crippen LogP contribution in [0.3, 0.4) is 0 Å². The van der Waals surface area contributed by atoms with Crippen LogP contribution in [0.1, 0.15) is 19.8 Å². The van der Waals surface area contributed by atoms with Crippen molar-refractivity contribution in [3.63, 3.8) is 0 Å². The second-order valence-corrected chi connectivity index (χ2v) is 6.11. The predicted molar refractivity (Wildman–Crippen MR) is 78.4 cm³/mol. The number of nitrogens with zero attached hydrogens (tertiary/aromatic N) is 2. The summed E-state index contributed by atoms with van der Waals surface area (Å²) in [6, 6.07) is 2.57. The third-order valence-electron chi connectivity index (χ3n) is 3.18. The highest BCUT2D eigenvalue weighted by atomic mass is 79.9. The first-order chi connectivity index (χ1) is 8.19. The molecule has 1 fully saturated rings. The van der Waals surface area contributed by atoms with Crippen LogP contribution in [0.4, 0.5) is 5.82 Å². The largest absolute Gasteiger partial charge is 0.366 e. The Kier molecular flexibility index (Phi) is 4.82. The van der Waals surface area contributed by atoms with Crippen LogP contribution < -0.4 is 5.32 Å². The molecule has 94 valence electrons. The minimum Gasteiger partial charge on any atom is -0.366 e. The Bertz CT molecular complexity index is 376. The van der Waals surface area contributed by atoms with Crippen LogP contribution in [0.5, 0.6) is 0 Å². The summed E-state index contributed by atoms with van der Waals surface area (Å²) >= 11 is 6.95. The van der Waals surface area contributed by atoms with Gasteiger partial charge >= 0.3 is 0 Å². The van der Waals surface area contributed by atoms with Crippen molar-refractivity contribution in [1.82, 2.24) is 9.88 Å². The third kappa shape index (κ3) is 3.66. The van der Waals surface area contributed by atoms with Gasteiger partial charge in [-0.2, -0.15) is 0 Å². The van der Waals surface area contributed by atoms with Crippen LogP contribution in [-0.2, 0) is 0 Å². The number of halogens is 2. The maximum absolute atomic E-state index is 4.39. The highest BCUT2D eigenvalue weighted by molar-refractivity contribution is 9.11. The van der Waals surface area contributed by atoms with Crippen molar-refractivity contribution in [2.75, 3.05) is 25.0 Å². The van der Waals surface area contributed by atoms with E-state index < -0.39 is 0 Å². The molecular formula is C12H17Br2N3. The zero-order valence-corrected chi connectivity index (χ0v) is 13.1. The molecule has 3 nitrogen and oxygen atoms in total. The van der Waals surface area contributed by atoms with E-state index in [0.29, 0.717) is 6.04 Å². The number of pyridine rings is 1. The van der Waals surface area contributed by atoms with Crippen molar-refractivity contribution in [2.24, 2.45) is 0 Å². The van der Waals surface area contributed by atoms with E-state index in [4.69, 9.17) is 0 Å². The fourth-order valence-corrected chi connectivity index (χ4v) is 3.21. The van der Waals surface area contributed by atoms with Crippen LogP contribution in [0.25, 0.3) is 0 Å². The normalized spacial score (nSPS) is 18.3. The number of aromatic nitrogens is 1. The van der Waals surface area contributed by atoms with Crippen LogP contribution in [0.15, 0.2) is 21.2 Å². The van der Waals surface area contributed by atoms with Crippen molar-refractivity contribution in [2.45, 2.75) is 25.8 Å². The monoisotopic (exact) mass is 361 g/mol. The van der Waals surface area contributed by atoms with Gasteiger partial charge in [-0.1, -0.05) is 6.92 Å². The molecule has 1 aliphatic rings. The number of anilines is 1. The van der Waals surface area contributed by atoms with Gasteiger partial charge in [0.25, 0.3) is 0 Å². The second-order valence-electron chi connectivity index (χ2n) is 4.34. The van der Waals surface area contributed by atoms with Gasteiger partial charge in [0.1, 0.15) is 5.82 Å². The molecule has 2 rings (SSSR count). The second kappa shape index (κ2) is 6.16. The maximum Gasteiger partial charge on any atom is 0.140 e. The van der Waals surface area contributed by atoms with Gasteiger partial charge in [-0.15, -0.1) is 0 Å². The molecule has 0 saturated carbocycles. The molecule has 0 bridgehead atoms. The Morgan fingerprint density at radius 1 is 1.41 bits per heavy atom. The summed E-state index contributed by atoms with van der Waals surface area (Å²) in [6.07, 6.45) is 4.21. The van der Waals surface area contributed by atoms with Crippen LogP contribution >= 0.6 is 31.9 Å². The van der Waals surface area contributed by atoms with E-state index in [2.05, 4.69) is 54.0 Å². The molecule has 1 aliphatic heterocycles. The lowest BCUT2D eigenvalue weighted by atomic mass is 10.1. The molecule has 5 heteroatoms. The first kappa shape index (κ1) is 13.3.